The first kappa shape index (κ1) is 36.8. The van der Waals surface area contributed by atoms with Gasteiger partial charge in [0.2, 0.25) is 11.8 Å². The van der Waals surface area contributed by atoms with Crippen molar-refractivity contribution >= 4 is 45.0 Å². The molecule has 10 nitrogen and oxygen atoms in total. The Morgan fingerprint density at radius 3 is 2.67 bits per heavy atom. The molecule has 0 radical (unpaired) electrons. The van der Waals surface area contributed by atoms with E-state index in [9.17, 15) is 24.6 Å². The van der Waals surface area contributed by atoms with Crippen molar-refractivity contribution in [1.82, 2.24) is 10.3 Å². The van der Waals surface area contributed by atoms with Gasteiger partial charge in [-0.05, 0) is 64.0 Å². The number of nitrogens with one attached hydrogen (secondary N) is 2. The van der Waals surface area contributed by atoms with Crippen LogP contribution in [0, 0.1) is 5.92 Å². The number of benzene rings is 1. The molecule has 2 aromatic rings. The highest BCUT2D eigenvalue weighted by Crippen LogP contribution is 2.38. The molecule has 1 aliphatic carbocycles. The fourth-order valence-corrected chi connectivity index (χ4v) is 6.65. The molecule has 2 bridgehead atoms. The molecule has 2 aliphatic rings. The zero-order chi connectivity index (χ0) is 34.6. The second-order valence-corrected chi connectivity index (χ2v) is 13.2. The Kier molecular flexibility index (Phi) is 13.7. The fourth-order valence-electron chi connectivity index (χ4n) is 5.80. The Hall–Kier alpha value is -4.06. The molecule has 1 aliphatic heterocycles. The number of fused-ring (bicyclic) bond motifs is 4. The molecule has 1 aromatic heterocycles. The summed E-state index contributed by atoms with van der Waals surface area (Å²) >= 11 is 1.41. The molecular weight excluding hydrogens is 630 g/mol. The summed E-state index contributed by atoms with van der Waals surface area (Å²) in [5.41, 5.74) is 4.70. The normalized spacial score (nSPS) is 23.7. The van der Waals surface area contributed by atoms with Crippen molar-refractivity contribution in [3.63, 3.8) is 0 Å². The lowest BCUT2D eigenvalue weighted by molar-refractivity contribution is -0.156. The second-order valence-electron chi connectivity index (χ2n) is 12.3. The van der Waals surface area contributed by atoms with Crippen LogP contribution >= 0.6 is 11.3 Å². The maximum atomic E-state index is 13.2. The Morgan fingerprint density at radius 1 is 1.12 bits per heavy atom. The van der Waals surface area contributed by atoms with Gasteiger partial charge in [0, 0.05) is 30.6 Å². The molecule has 5 unspecified atom stereocenters. The summed E-state index contributed by atoms with van der Waals surface area (Å²) in [5, 5.41) is 28.2. The molecule has 5 atom stereocenters. The monoisotopic (exact) mass is 677 g/mol. The quantitative estimate of drug-likeness (QED) is 0.166. The Balaban J connectivity index is 1.57. The van der Waals surface area contributed by atoms with Crippen LogP contribution in [0.25, 0.3) is 10.2 Å². The van der Waals surface area contributed by atoms with E-state index in [0.29, 0.717) is 47.9 Å². The third-order valence-electron chi connectivity index (χ3n) is 8.78. The summed E-state index contributed by atoms with van der Waals surface area (Å²) in [5.74, 6) is -1.62. The lowest BCUT2D eigenvalue weighted by Crippen LogP contribution is -2.43. The van der Waals surface area contributed by atoms with Gasteiger partial charge < -0.3 is 30.3 Å². The van der Waals surface area contributed by atoms with Gasteiger partial charge >= 0.3 is 5.97 Å². The average molecular weight is 678 g/mol. The van der Waals surface area contributed by atoms with Gasteiger partial charge in [0.05, 0.1) is 40.0 Å². The van der Waals surface area contributed by atoms with Crippen molar-refractivity contribution in [1.29, 1.82) is 0 Å². The summed E-state index contributed by atoms with van der Waals surface area (Å²) < 4.78 is 12.2. The molecular formula is C37H47N3O7S. The van der Waals surface area contributed by atoms with Crippen LogP contribution in [0.5, 0.6) is 5.75 Å². The van der Waals surface area contributed by atoms with E-state index in [1.54, 1.807) is 42.8 Å². The topological polar surface area (TPSA) is 147 Å². The van der Waals surface area contributed by atoms with Gasteiger partial charge in [-0.1, -0.05) is 55.5 Å². The number of methoxy groups -OCH3 is 1. The maximum absolute atomic E-state index is 13.2. The molecule has 1 aromatic carbocycles. The van der Waals surface area contributed by atoms with Crippen LogP contribution in [-0.2, 0) is 30.3 Å². The van der Waals surface area contributed by atoms with Gasteiger partial charge in [-0.25, -0.2) is 9.78 Å². The van der Waals surface area contributed by atoms with Crippen molar-refractivity contribution in [2.75, 3.05) is 12.4 Å². The molecule has 48 heavy (non-hydrogen) atoms. The van der Waals surface area contributed by atoms with Gasteiger partial charge in [-0.2, -0.15) is 0 Å². The third-order valence-corrected chi connectivity index (χ3v) is 9.68. The van der Waals surface area contributed by atoms with Gasteiger partial charge in [0.1, 0.15) is 17.9 Å². The molecule has 2 amide bonds. The number of esters is 1. The number of nitrogens with zero attached hydrogens (tertiary/aromatic N) is 1. The van der Waals surface area contributed by atoms with E-state index >= 15 is 0 Å². The average Bonchev–Trinajstić information content (AvgIpc) is 3.55. The summed E-state index contributed by atoms with van der Waals surface area (Å²) in [7, 11) is 1.52. The SMILES string of the molecule is COC1C=CC=CC=CCC(OC(=O)C(C)NC(=O)C2=CCCCC2)C(C)C(O)C(C)=CCCc2c(O)c(cc3ncsc23)NC(=O)C1. The number of amides is 2. The van der Waals surface area contributed by atoms with E-state index in [4.69, 9.17) is 9.47 Å². The van der Waals surface area contributed by atoms with Gasteiger partial charge in [-0.15, -0.1) is 11.3 Å². The van der Waals surface area contributed by atoms with Crippen LogP contribution in [0.3, 0.4) is 0 Å². The lowest BCUT2D eigenvalue weighted by Gasteiger charge is -2.29. The van der Waals surface area contributed by atoms with Crippen molar-refractivity contribution in [2.24, 2.45) is 5.92 Å². The molecule has 4 rings (SSSR count). The number of hydrogen-bond acceptors (Lipinski definition) is 9. The van der Waals surface area contributed by atoms with Gasteiger partial charge in [0.25, 0.3) is 0 Å². The van der Waals surface area contributed by atoms with E-state index < -0.39 is 36.2 Å². The largest absolute Gasteiger partial charge is 0.505 e. The number of allylic oxidation sites excluding steroid dienone is 6. The highest BCUT2D eigenvalue weighted by molar-refractivity contribution is 7.17. The number of aromatic nitrogens is 1. The van der Waals surface area contributed by atoms with Crippen LogP contribution in [0.1, 0.15) is 71.3 Å². The molecule has 0 spiro atoms. The number of thiazole rings is 1. The zero-order valence-electron chi connectivity index (χ0n) is 28.1. The molecule has 0 fully saturated rings. The van der Waals surface area contributed by atoms with E-state index in [1.165, 1.54) is 18.4 Å². The number of phenols is 1. The highest BCUT2D eigenvalue weighted by Gasteiger charge is 2.30. The Morgan fingerprint density at radius 2 is 1.92 bits per heavy atom. The van der Waals surface area contributed by atoms with Gasteiger partial charge in [-0.3, -0.25) is 9.59 Å². The number of aryl methyl sites for hydroxylation is 1. The number of rotatable bonds is 5. The molecule has 0 saturated carbocycles. The number of phenolic OH excluding ortho intramolecular Hbond substituents is 1. The van der Waals surface area contributed by atoms with Crippen LogP contribution in [0.4, 0.5) is 5.69 Å². The van der Waals surface area contributed by atoms with Gasteiger partial charge in [0.15, 0.2) is 0 Å². The number of ether oxygens (including phenoxy) is 2. The minimum absolute atomic E-state index is 0.0163. The molecule has 258 valence electrons. The molecule has 2 heterocycles. The first-order valence-corrected chi connectivity index (χ1v) is 17.4. The Labute approximate surface area is 286 Å². The van der Waals surface area contributed by atoms with Crippen molar-refractivity contribution in [3.05, 3.63) is 76.9 Å². The van der Waals surface area contributed by atoms with E-state index in [1.807, 2.05) is 38.2 Å². The second kappa shape index (κ2) is 17.9. The highest BCUT2D eigenvalue weighted by atomic mass is 32.1. The predicted molar refractivity (Wildman–Crippen MR) is 189 cm³/mol. The molecule has 11 heteroatoms. The first-order chi connectivity index (χ1) is 23.1. The standard InChI is InChI=1S/C37H47N3O7S/c1-23-14-13-18-28-34(43)29(21-30-35(28)48-22-38-30)40-32(41)20-27(46-4)17-11-6-5-7-12-19-31(24(2)33(23)42)47-37(45)25(3)39-36(44)26-15-9-8-10-16-26/h5-7,11-12,14-15,17,21-22,24-25,27,31,33,42-43H,8-10,13,16,18-20H2,1-4H3,(H,39,44)(H,40,41). The van der Waals surface area contributed by atoms with E-state index in [2.05, 4.69) is 15.6 Å². The molecule has 0 saturated heterocycles. The number of carbonyl (C=O) groups is 3. The molecule has 4 N–H and O–H groups in total. The minimum Gasteiger partial charge on any atom is -0.505 e. The van der Waals surface area contributed by atoms with Crippen molar-refractivity contribution in [2.45, 2.75) is 96.5 Å². The fraction of sp³-hybridized carbons (Fsp3) is 0.459. The number of aromatic hydroxyl groups is 1. The van der Waals surface area contributed by atoms with Crippen LogP contribution < -0.4 is 10.6 Å². The summed E-state index contributed by atoms with van der Waals surface area (Å²) in [6.45, 7) is 5.27. The first-order valence-electron chi connectivity index (χ1n) is 16.5. The summed E-state index contributed by atoms with van der Waals surface area (Å²) in [6, 6.07) is 0.806. The smallest absolute Gasteiger partial charge is 0.328 e. The van der Waals surface area contributed by atoms with Crippen LogP contribution in [0.2, 0.25) is 0 Å². The van der Waals surface area contributed by atoms with Crippen molar-refractivity contribution in [3.8, 4) is 5.75 Å². The van der Waals surface area contributed by atoms with Crippen LogP contribution in [-0.4, -0.2) is 64.4 Å². The lowest BCUT2D eigenvalue weighted by atomic mass is 9.90. The third kappa shape index (κ3) is 9.98. The number of carbonyl (C=O) groups excluding carboxylic acids is 3. The van der Waals surface area contributed by atoms with Crippen LogP contribution in [0.15, 0.2) is 71.3 Å². The summed E-state index contributed by atoms with van der Waals surface area (Å²) in [4.78, 5) is 43.2. The number of aliphatic hydroxyl groups excluding tert-OH is 1. The summed E-state index contributed by atoms with van der Waals surface area (Å²) in [6.07, 6.45) is 17.4. The number of anilines is 1. The zero-order valence-corrected chi connectivity index (χ0v) is 28.9. The predicted octanol–water partition coefficient (Wildman–Crippen LogP) is 6.21. The Bertz CT molecular complexity index is 1610. The van der Waals surface area contributed by atoms with E-state index in [0.717, 1.165) is 24.0 Å². The van der Waals surface area contributed by atoms with Crippen molar-refractivity contribution < 1.29 is 34.1 Å². The minimum atomic E-state index is -0.922. The van der Waals surface area contributed by atoms with E-state index in [-0.39, 0.29) is 29.7 Å². The number of aliphatic hydroxyl groups is 1. The number of hydrogen-bond donors (Lipinski definition) is 4. The maximum Gasteiger partial charge on any atom is 0.328 e.